The standard InChI is InChI=1S/C17H18N4S/c1-11(12-2-4-13(5-3-12)14-8-18-9-14)21-16-15-6-7-22-17(15)20-10-19-16/h2-7,10-11,14,18H,8-9H2,1H3,(H,19,20,21)/t11-/m0/s1. The van der Waals surface area contributed by atoms with E-state index in [-0.39, 0.29) is 6.04 Å². The maximum Gasteiger partial charge on any atom is 0.138 e. The fourth-order valence-electron chi connectivity index (χ4n) is 2.77. The molecule has 2 aromatic heterocycles. The molecule has 0 radical (unpaired) electrons. The Morgan fingerprint density at radius 2 is 2.00 bits per heavy atom. The SMILES string of the molecule is C[C@H](Nc1ncnc2sccc12)c1ccc(C2CNC2)cc1. The molecule has 1 aliphatic heterocycles. The highest BCUT2D eigenvalue weighted by Crippen LogP contribution is 2.28. The van der Waals surface area contributed by atoms with Crippen molar-refractivity contribution < 1.29 is 0 Å². The molecule has 2 N–H and O–H groups in total. The van der Waals surface area contributed by atoms with Gasteiger partial charge in [0.1, 0.15) is 17.0 Å². The topological polar surface area (TPSA) is 49.8 Å². The Bertz CT molecular complexity index is 777. The van der Waals surface area contributed by atoms with Crippen molar-refractivity contribution >= 4 is 27.4 Å². The van der Waals surface area contributed by atoms with Gasteiger partial charge in [0.05, 0.1) is 5.39 Å². The van der Waals surface area contributed by atoms with Crippen LogP contribution >= 0.6 is 11.3 Å². The van der Waals surface area contributed by atoms with Gasteiger partial charge in [0.25, 0.3) is 0 Å². The van der Waals surface area contributed by atoms with Crippen molar-refractivity contribution in [2.75, 3.05) is 18.4 Å². The number of nitrogens with one attached hydrogen (secondary N) is 2. The largest absolute Gasteiger partial charge is 0.363 e. The third-order valence-corrected chi connectivity index (χ3v) is 5.13. The molecule has 0 unspecified atom stereocenters. The number of hydrogen-bond donors (Lipinski definition) is 2. The van der Waals surface area contributed by atoms with E-state index in [1.165, 1.54) is 11.1 Å². The highest BCUT2D eigenvalue weighted by Gasteiger charge is 2.18. The average molecular weight is 310 g/mol. The van der Waals surface area contributed by atoms with Crippen molar-refractivity contribution in [3.8, 4) is 0 Å². The van der Waals surface area contributed by atoms with Crippen LogP contribution in [0.1, 0.15) is 30.0 Å². The number of rotatable bonds is 4. The Balaban J connectivity index is 1.53. The summed E-state index contributed by atoms with van der Waals surface area (Å²) in [5, 5.41) is 9.97. The minimum Gasteiger partial charge on any atom is -0.363 e. The van der Waals surface area contributed by atoms with E-state index in [9.17, 15) is 0 Å². The molecule has 0 amide bonds. The van der Waals surface area contributed by atoms with E-state index >= 15 is 0 Å². The molecule has 3 aromatic rings. The van der Waals surface area contributed by atoms with Crippen molar-refractivity contribution in [2.45, 2.75) is 18.9 Å². The smallest absolute Gasteiger partial charge is 0.138 e. The summed E-state index contributed by atoms with van der Waals surface area (Å²) < 4.78 is 0. The van der Waals surface area contributed by atoms with Crippen LogP contribution < -0.4 is 10.6 Å². The molecule has 22 heavy (non-hydrogen) atoms. The molecule has 0 bridgehead atoms. The van der Waals surface area contributed by atoms with E-state index < -0.39 is 0 Å². The van der Waals surface area contributed by atoms with Crippen LogP contribution in [0.25, 0.3) is 10.2 Å². The Kier molecular flexibility index (Phi) is 3.52. The van der Waals surface area contributed by atoms with Crippen molar-refractivity contribution in [3.63, 3.8) is 0 Å². The Morgan fingerprint density at radius 1 is 1.18 bits per heavy atom. The quantitative estimate of drug-likeness (QED) is 0.774. The van der Waals surface area contributed by atoms with Crippen molar-refractivity contribution in [1.82, 2.24) is 15.3 Å². The minimum absolute atomic E-state index is 0.214. The summed E-state index contributed by atoms with van der Waals surface area (Å²) in [6.45, 7) is 4.37. The zero-order valence-corrected chi connectivity index (χ0v) is 13.2. The number of nitrogens with zero attached hydrogens (tertiary/aromatic N) is 2. The molecule has 1 saturated heterocycles. The van der Waals surface area contributed by atoms with Crippen LogP contribution in [0.15, 0.2) is 42.0 Å². The summed E-state index contributed by atoms with van der Waals surface area (Å²) >= 11 is 1.64. The summed E-state index contributed by atoms with van der Waals surface area (Å²) in [7, 11) is 0. The maximum atomic E-state index is 4.39. The van der Waals surface area contributed by atoms with Gasteiger partial charge < -0.3 is 10.6 Å². The van der Waals surface area contributed by atoms with Gasteiger partial charge in [0.2, 0.25) is 0 Å². The molecule has 5 heteroatoms. The minimum atomic E-state index is 0.214. The van der Waals surface area contributed by atoms with Crippen molar-refractivity contribution in [3.05, 3.63) is 53.2 Å². The molecule has 0 saturated carbocycles. The number of anilines is 1. The highest BCUT2D eigenvalue weighted by molar-refractivity contribution is 7.16. The lowest BCUT2D eigenvalue weighted by Gasteiger charge is -2.27. The van der Waals surface area contributed by atoms with E-state index in [2.05, 4.69) is 63.2 Å². The van der Waals surface area contributed by atoms with Crippen molar-refractivity contribution in [2.24, 2.45) is 0 Å². The summed E-state index contributed by atoms with van der Waals surface area (Å²) in [4.78, 5) is 9.70. The lowest BCUT2D eigenvalue weighted by molar-refractivity contribution is 0.448. The molecule has 112 valence electrons. The van der Waals surface area contributed by atoms with Crippen LogP contribution in [0.4, 0.5) is 5.82 Å². The van der Waals surface area contributed by atoms with Gasteiger partial charge >= 0.3 is 0 Å². The molecule has 4 rings (SSSR count). The summed E-state index contributed by atoms with van der Waals surface area (Å²) in [5.74, 6) is 1.59. The maximum absolute atomic E-state index is 4.39. The molecule has 1 aromatic carbocycles. The average Bonchev–Trinajstić information content (AvgIpc) is 2.96. The highest BCUT2D eigenvalue weighted by atomic mass is 32.1. The van der Waals surface area contributed by atoms with E-state index in [0.29, 0.717) is 5.92 Å². The Hall–Kier alpha value is -1.98. The summed E-state index contributed by atoms with van der Waals surface area (Å²) in [5.41, 5.74) is 2.70. The Labute approximate surface area is 133 Å². The first-order chi connectivity index (χ1) is 10.8. The van der Waals surface area contributed by atoms with E-state index in [0.717, 1.165) is 29.1 Å². The van der Waals surface area contributed by atoms with Gasteiger partial charge in [-0.1, -0.05) is 24.3 Å². The van der Waals surface area contributed by atoms with Crippen LogP contribution in [0.3, 0.4) is 0 Å². The van der Waals surface area contributed by atoms with Crippen LogP contribution in [0, 0.1) is 0 Å². The summed E-state index contributed by atoms with van der Waals surface area (Å²) in [6.07, 6.45) is 1.63. The fourth-order valence-corrected chi connectivity index (χ4v) is 3.51. The lowest BCUT2D eigenvalue weighted by Crippen LogP contribution is -2.39. The molecule has 3 heterocycles. The lowest BCUT2D eigenvalue weighted by atomic mass is 9.92. The Morgan fingerprint density at radius 3 is 2.73 bits per heavy atom. The van der Waals surface area contributed by atoms with E-state index in [1.807, 2.05) is 0 Å². The molecule has 0 aliphatic carbocycles. The zero-order chi connectivity index (χ0) is 14.9. The molecule has 1 aliphatic rings. The molecule has 1 fully saturated rings. The van der Waals surface area contributed by atoms with Gasteiger partial charge in [-0.05, 0) is 29.5 Å². The normalized spacial score (nSPS) is 16.4. The number of aromatic nitrogens is 2. The summed E-state index contributed by atoms with van der Waals surface area (Å²) in [6, 6.07) is 11.2. The van der Waals surface area contributed by atoms with Gasteiger partial charge in [-0.15, -0.1) is 11.3 Å². The predicted octanol–water partition coefficient (Wildman–Crippen LogP) is 3.55. The molecule has 1 atom stereocenters. The molecular formula is C17H18N4S. The van der Waals surface area contributed by atoms with Gasteiger partial charge in [-0.2, -0.15) is 0 Å². The first kappa shape index (κ1) is 13.7. The second-order valence-corrected chi connectivity index (χ2v) is 6.64. The number of benzene rings is 1. The van der Waals surface area contributed by atoms with Crippen LogP contribution in [-0.4, -0.2) is 23.1 Å². The predicted molar refractivity (Wildman–Crippen MR) is 91.5 cm³/mol. The molecule has 4 nitrogen and oxygen atoms in total. The number of thiophene rings is 1. The molecule has 0 spiro atoms. The van der Waals surface area contributed by atoms with Gasteiger partial charge in [-0.25, -0.2) is 9.97 Å². The fraction of sp³-hybridized carbons (Fsp3) is 0.294. The van der Waals surface area contributed by atoms with Crippen LogP contribution in [-0.2, 0) is 0 Å². The van der Waals surface area contributed by atoms with Crippen LogP contribution in [0.5, 0.6) is 0 Å². The monoisotopic (exact) mass is 310 g/mol. The van der Waals surface area contributed by atoms with E-state index in [4.69, 9.17) is 0 Å². The number of hydrogen-bond acceptors (Lipinski definition) is 5. The zero-order valence-electron chi connectivity index (χ0n) is 12.4. The second-order valence-electron chi connectivity index (χ2n) is 5.75. The van der Waals surface area contributed by atoms with Crippen LogP contribution in [0.2, 0.25) is 0 Å². The third-order valence-electron chi connectivity index (χ3n) is 4.30. The van der Waals surface area contributed by atoms with E-state index in [1.54, 1.807) is 17.7 Å². The molecular weight excluding hydrogens is 292 g/mol. The third kappa shape index (κ3) is 2.46. The first-order valence-electron chi connectivity index (χ1n) is 7.56. The first-order valence-corrected chi connectivity index (χ1v) is 8.44. The van der Waals surface area contributed by atoms with Gasteiger partial charge in [-0.3, -0.25) is 0 Å². The second kappa shape index (κ2) is 5.66. The van der Waals surface area contributed by atoms with Gasteiger partial charge in [0.15, 0.2) is 0 Å². The van der Waals surface area contributed by atoms with Gasteiger partial charge in [0, 0.05) is 25.0 Å². The number of fused-ring (bicyclic) bond motifs is 1. The van der Waals surface area contributed by atoms with Crippen molar-refractivity contribution in [1.29, 1.82) is 0 Å².